The van der Waals surface area contributed by atoms with Crippen molar-refractivity contribution in [1.82, 2.24) is 9.97 Å². The number of benzene rings is 1. The van der Waals surface area contributed by atoms with Gasteiger partial charge in [-0.2, -0.15) is 0 Å². The Morgan fingerprint density at radius 3 is 2.43 bits per heavy atom. The summed E-state index contributed by atoms with van der Waals surface area (Å²) in [5, 5.41) is 0. The van der Waals surface area contributed by atoms with E-state index in [1.807, 2.05) is 37.3 Å². The lowest BCUT2D eigenvalue weighted by Gasteiger charge is -2.27. The van der Waals surface area contributed by atoms with Crippen molar-refractivity contribution < 1.29 is 4.79 Å². The molecule has 0 saturated carbocycles. The molecular weight excluding hydrogens is 288 g/mol. The molecular formula is C18H22N4O. The molecule has 0 aliphatic carbocycles. The molecule has 1 aliphatic rings. The summed E-state index contributed by atoms with van der Waals surface area (Å²) >= 11 is 0. The van der Waals surface area contributed by atoms with E-state index in [0.717, 1.165) is 24.6 Å². The van der Waals surface area contributed by atoms with Crippen molar-refractivity contribution in [3.8, 4) is 0 Å². The number of hydrogen-bond donors (Lipinski definition) is 0. The van der Waals surface area contributed by atoms with Crippen LogP contribution in [0.1, 0.15) is 36.7 Å². The molecule has 1 fully saturated rings. The van der Waals surface area contributed by atoms with Crippen LogP contribution in [0.25, 0.3) is 0 Å². The van der Waals surface area contributed by atoms with Crippen LogP contribution in [0.5, 0.6) is 0 Å². The highest BCUT2D eigenvalue weighted by Gasteiger charge is 2.19. The minimum absolute atomic E-state index is 0.114. The lowest BCUT2D eigenvalue weighted by molar-refractivity contribution is 0.0983. The van der Waals surface area contributed by atoms with Crippen LogP contribution >= 0.6 is 0 Å². The Morgan fingerprint density at radius 1 is 1.09 bits per heavy atom. The van der Waals surface area contributed by atoms with E-state index < -0.39 is 0 Å². The summed E-state index contributed by atoms with van der Waals surface area (Å²) in [5.74, 6) is 0.750. The number of aromatic nitrogens is 2. The molecule has 1 aliphatic heterocycles. The van der Waals surface area contributed by atoms with E-state index in [9.17, 15) is 4.79 Å². The normalized spacial score (nSPS) is 14.6. The first kappa shape index (κ1) is 15.5. The van der Waals surface area contributed by atoms with Crippen LogP contribution < -0.4 is 9.80 Å². The van der Waals surface area contributed by atoms with Crippen molar-refractivity contribution in [3.05, 3.63) is 48.4 Å². The van der Waals surface area contributed by atoms with Gasteiger partial charge in [-0.15, -0.1) is 0 Å². The minimum Gasteiger partial charge on any atom is -0.355 e. The van der Waals surface area contributed by atoms with Crippen LogP contribution in [0.3, 0.4) is 0 Å². The molecule has 5 heteroatoms. The largest absolute Gasteiger partial charge is 0.355 e. The minimum atomic E-state index is -0.114. The highest BCUT2D eigenvalue weighted by Crippen LogP contribution is 2.18. The smallest absolute Gasteiger partial charge is 0.278 e. The number of piperidine rings is 1. The fourth-order valence-corrected chi connectivity index (χ4v) is 2.91. The van der Waals surface area contributed by atoms with E-state index >= 15 is 0 Å². The maximum Gasteiger partial charge on any atom is 0.278 e. The van der Waals surface area contributed by atoms with Gasteiger partial charge in [0.1, 0.15) is 11.5 Å². The van der Waals surface area contributed by atoms with Crippen molar-refractivity contribution in [3.63, 3.8) is 0 Å². The highest BCUT2D eigenvalue weighted by molar-refractivity contribution is 6.04. The number of carbonyl (C=O) groups is 1. The second-order valence-corrected chi connectivity index (χ2v) is 5.69. The summed E-state index contributed by atoms with van der Waals surface area (Å²) in [4.78, 5) is 25.4. The van der Waals surface area contributed by atoms with E-state index in [2.05, 4.69) is 14.9 Å². The van der Waals surface area contributed by atoms with Gasteiger partial charge in [-0.3, -0.25) is 4.79 Å². The van der Waals surface area contributed by atoms with E-state index in [1.165, 1.54) is 19.3 Å². The van der Waals surface area contributed by atoms with Crippen LogP contribution in [-0.2, 0) is 0 Å². The summed E-state index contributed by atoms with van der Waals surface area (Å²) in [6.45, 7) is 4.60. The second kappa shape index (κ2) is 7.22. The van der Waals surface area contributed by atoms with Gasteiger partial charge in [0.15, 0.2) is 0 Å². The highest BCUT2D eigenvalue weighted by atomic mass is 16.2. The van der Waals surface area contributed by atoms with Crippen LogP contribution in [0.4, 0.5) is 11.5 Å². The van der Waals surface area contributed by atoms with Crippen LogP contribution in [-0.4, -0.2) is 35.5 Å². The summed E-state index contributed by atoms with van der Waals surface area (Å²) in [5.41, 5.74) is 1.26. The van der Waals surface area contributed by atoms with Crippen molar-refractivity contribution in [1.29, 1.82) is 0 Å². The molecule has 23 heavy (non-hydrogen) atoms. The maximum absolute atomic E-state index is 12.7. The van der Waals surface area contributed by atoms with Crippen LogP contribution in [0.2, 0.25) is 0 Å². The molecule has 0 spiro atoms. The number of nitrogens with zero attached hydrogens (tertiary/aromatic N) is 4. The topological polar surface area (TPSA) is 49.3 Å². The Balaban J connectivity index is 1.76. The van der Waals surface area contributed by atoms with Crippen molar-refractivity contribution in [2.45, 2.75) is 26.2 Å². The fraction of sp³-hybridized carbons (Fsp3) is 0.389. The molecule has 1 aromatic carbocycles. The lowest BCUT2D eigenvalue weighted by atomic mass is 10.1. The third kappa shape index (κ3) is 3.50. The Kier molecular flexibility index (Phi) is 4.86. The zero-order valence-corrected chi connectivity index (χ0v) is 13.5. The molecule has 0 unspecified atom stereocenters. The Labute approximate surface area is 137 Å². The molecule has 2 heterocycles. The molecule has 2 aromatic rings. The van der Waals surface area contributed by atoms with E-state index in [0.29, 0.717) is 12.2 Å². The monoisotopic (exact) mass is 310 g/mol. The van der Waals surface area contributed by atoms with E-state index in [1.54, 1.807) is 17.3 Å². The molecule has 0 radical (unpaired) electrons. The standard InChI is InChI=1S/C18H22N4O/c1-2-22(15-9-5-3-6-10-15)18(23)16-13-20-17(14-19-16)21-11-7-4-8-12-21/h3,5-6,9-10,13-14H,2,4,7-8,11-12H2,1H3. The third-order valence-electron chi connectivity index (χ3n) is 4.17. The first-order valence-corrected chi connectivity index (χ1v) is 8.23. The van der Waals surface area contributed by atoms with E-state index in [4.69, 9.17) is 0 Å². The SMILES string of the molecule is CCN(C(=O)c1cnc(N2CCCCC2)cn1)c1ccccc1. The average molecular weight is 310 g/mol. The maximum atomic E-state index is 12.7. The van der Waals surface area contributed by atoms with E-state index in [-0.39, 0.29) is 5.91 Å². The first-order chi connectivity index (χ1) is 11.3. The van der Waals surface area contributed by atoms with Gasteiger partial charge in [0.2, 0.25) is 0 Å². The molecule has 1 aromatic heterocycles. The van der Waals surface area contributed by atoms with Crippen LogP contribution in [0.15, 0.2) is 42.7 Å². The van der Waals surface area contributed by atoms with Gasteiger partial charge >= 0.3 is 0 Å². The van der Waals surface area contributed by atoms with Gasteiger partial charge in [-0.05, 0) is 38.3 Å². The third-order valence-corrected chi connectivity index (χ3v) is 4.17. The predicted molar refractivity (Wildman–Crippen MR) is 91.9 cm³/mol. The Morgan fingerprint density at radius 2 is 1.83 bits per heavy atom. The zero-order valence-electron chi connectivity index (χ0n) is 13.5. The molecule has 3 rings (SSSR count). The van der Waals surface area contributed by atoms with Gasteiger partial charge in [0.05, 0.1) is 12.4 Å². The average Bonchev–Trinajstić information content (AvgIpc) is 2.64. The number of anilines is 2. The summed E-state index contributed by atoms with van der Waals surface area (Å²) in [6, 6.07) is 9.65. The molecule has 1 amide bonds. The summed E-state index contributed by atoms with van der Waals surface area (Å²) in [7, 11) is 0. The van der Waals surface area contributed by atoms with Crippen LogP contribution in [0, 0.1) is 0 Å². The van der Waals surface area contributed by atoms with Crippen molar-refractivity contribution in [2.24, 2.45) is 0 Å². The van der Waals surface area contributed by atoms with Crippen molar-refractivity contribution in [2.75, 3.05) is 29.4 Å². The molecule has 0 N–H and O–H groups in total. The lowest BCUT2D eigenvalue weighted by Crippen LogP contribution is -2.32. The predicted octanol–water partition coefficient (Wildman–Crippen LogP) is 3.13. The second-order valence-electron chi connectivity index (χ2n) is 5.69. The molecule has 1 saturated heterocycles. The van der Waals surface area contributed by atoms with Gasteiger partial charge in [-0.1, -0.05) is 18.2 Å². The van der Waals surface area contributed by atoms with Gasteiger partial charge in [-0.25, -0.2) is 9.97 Å². The summed E-state index contributed by atoms with van der Waals surface area (Å²) < 4.78 is 0. The number of hydrogen-bond acceptors (Lipinski definition) is 4. The number of carbonyl (C=O) groups excluding carboxylic acids is 1. The zero-order chi connectivity index (χ0) is 16.1. The number of para-hydroxylation sites is 1. The quantitative estimate of drug-likeness (QED) is 0.870. The number of amides is 1. The first-order valence-electron chi connectivity index (χ1n) is 8.23. The molecule has 120 valence electrons. The van der Waals surface area contributed by atoms with Gasteiger partial charge in [0, 0.05) is 25.3 Å². The van der Waals surface area contributed by atoms with Crippen molar-refractivity contribution >= 4 is 17.4 Å². The van der Waals surface area contributed by atoms with Gasteiger partial charge < -0.3 is 9.80 Å². The Hall–Kier alpha value is -2.43. The fourth-order valence-electron chi connectivity index (χ4n) is 2.91. The molecule has 0 bridgehead atoms. The molecule has 5 nitrogen and oxygen atoms in total. The Bertz CT molecular complexity index is 636. The number of rotatable bonds is 4. The molecule has 0 atom stereocenters. The van der Waals surface area contributed by atoms with Gasteiger partial charge in [0.25, 0.3) is 5.91 Å². The summed E-state index contributed by atoms with van der Waals surface area (Å²) in [6.07, 6.45) is 6.98.